The topological polar surface area (TPSA) is 20.2 Å². The Bertz CT molecular complexity index is 474. The van der Waals surface area contributed by atoms with Gasteiger partial charge in [0.05, 0.1) is 6.61 Å². The van der Waals surface area contributed by atoms with Gasteiger partial charge in [-0.3, -0.25) is 0 Å². The highest BCUT2D eigenvalue weighted by atomic mass is 16.3. The second kappa shape index (κ2) is 5.13. The minimum atomic E-state index is 0.119. The van der Waals surface area contributed by atoms with E-state index < -0.39 is 0 Å². The van der Waals surface area contributed by atoms with Crippen LogP contribution in [0.5, 0.6) is 0 Å². The van der Waals surface area contributed by atoms with Crippen LogP contribution in [-0.2, 0) is 13.0 Å². The van der Waals surface area contributed by atoms with Crippen molar-refractivity contribution in [2.75, 3.05) is 0 Å². The lowest BCUT2D eigenvalue weighted by Crippen LogP contribution is -1.86. The molecule has 0 spiro atoms. The van der Waals surface area contributed by atoms with E-state index in [0.29, 0.717) is 0 Å². The van der Waals surface area contributed by atoms with Crippen molar-refractivity contribution in [1.29, 1.82) is 0 Å². The molecule has 0 aliphatic heterocycles. The average molecular weight is 214 g/mol. The van der Waals surface area contributed by atoms with E-state index >= 15 is 0 Å². The summed E-state index contributed by atoms with van der Waals surface area (Å²) < 4.78 is 0. The number of rotatable bonds is 4. The van der Waals surface area contributed by atoms with Gasteiger partial charge in [-0.05, 0) is 40.8 Å². The summed E-state index contributed by atoms with van der Waals surface area (Å²) in [4.78, 5) is 0. The molecule has 0 unspecified atom stereocenters. The minimum absolute atomic E-state index is 0.119. The van der Waals surface area contributed by atoms with Crippen LogP contribution in [0.2, 0.25) is 0 Å². The van der Waals surface area contributed by atoms with Crippen molar-refractivity contribution in [1.82, 2.24) is 0 Å². The number of aliphatic hydroxyl groups excluding tert-OH is 1. The van der Waals surface area contributed by atoms with E-state index in [2.05, 4.69) is 37.3 Å². The van der Waals surface area contributed by atoms with Gasteiger partial charge in [-0.15, -0.1) is 0 Å². The summed E-state index contributed by atoms with van der Waals surface area (Å²) in [5.41, 5.74) is 2.39. The number of hydrogen-bond acceptors (Lipinski definition) is 1. The summed E-state index contributed by atoms with van der Waals surface area (Å²) in [6, 6.07) is 12.7. The third kappa shape index (κ3) is 2.42. The van der Waals surface area contributed by atoms with Crippen molar-refractivity contribution in [2.24, 2.45) is 0 Å². The third-order valence-electron chi connectivity index (χ3n) is 2.97. The molecule has 0 aliphatic carbocycles. The van der Waals surface area contributed by atoms with Crippen LogP contribution < -0.4 is 0 Å². The van der Waals surface area contributed by atoms with Gasteiger partial charge >= 0.3 is 0 Å². The van der Waals surface area contributed by atoms with E-state index in [4.69, 9.17) is 5.11 Å². The fraction of sp³-hybridized carbons (Fsp3) is 0.333. The Hall–Kier alpha value is -1.34. The Labute approximate surface area is 96.7 Å². The molecule has 1 N–H and O–H groups in total. The maximum atomic E-state index is 9.07. The smallest absolute Gasteiger partial charge is 0.0682 e. The summed E-state index contributed by atoms with van der Waals surface area (Å²) in [7, 11) is 0. The fourth-order valence-corrected chi connectivity index (χ4v) is 1.98. The van der Waals surface area contributed by atoms with Gasteiger partial charge in [0.2, 0.25) is 0 Å². The molecule has 0 radical (unpaired) electrons. The van der Waals surface area contributed by atoms with E-state index in [9.17, 15) is 0 Å². The van der Waals surface area contributed by atoms with Crippen LogP contribution in [-0.4, -0.2) is 5.11 Å². The summed E-state index contributed by atoms with van der Waals surface area (Å²) in [5.74, 6) is 0. The first-order chi connectivity index (χ1) is 7.83. The molecule has 0 atom stereocenters. The Morgan fingerprint density at radius 1 is 0.938 bits per heavy atom. The highest BCUT2D eigenvalue weighted by Crippen LogP contribution is 2.19. The lowest BCUT2D eigenvalue weighted by atomic mass is 10.0. The zero-order chi connectivity index (χ0) is 11.4. The van der Waals surface area contributed by atoms with Crippen molar-refractivity contribution in [3.05, 3.63) is 47.5 Å². The first-order valence-electron chi connectivity index (χ1n) is 5.96. The lowest BCUT2D eigenvalue weighted by molar-refractivity contribution is 0.282. The molecule has 0 saturated heterocycles. The number of unbranched alkanes of at least 4 members (excludes halogenated alkanes) is 1. The van der Waals surface area contributed by atoms with Crippen molar-refractivity contribution in [2.45, 2.75) is 32.8 Å². The Kier molecular flexibility index (Phi) is 3.58. The van der Waals surface area contributed by atoms with Crippen LogP contribution in [0.3, 0.4) is 0 Å². The Morgan fingerprint density at radius 2 is 1.56 bits per heavy atom. The zero-order valence-electron chi connectivity index (χ0n) is 9.74. The number of aryl methyl sites for hydroxylation is 1. The molecule has 0 heterocycles. The molecule has 2 aromatic rings. The van der Waals surface area contributed by atoms with Gasteiger partial charge in [0, 0.05) is 0 Å². The third-order valence-corrected chi connectivity index (χ3v) is 2.97. The highest BCUT2D eigenvalue weighted by molar-refractivity contribution is 5.83. The molecule has 2 aromatic carbocycles. The van der Waals surface area contributed by atoms with Crippen molar-refractivity contribution < 1.29 is 5.11 Å². The van der Waals surface area contributed by atoms with E-state index in [1.54, 1.807) is 0 Å². The molecular weight excluding hydrogens is 196 g/mol. The van der Waals surface area contributed by atoms with Crippen molar-refractivity contribution >= 4 is 10.8 Å². The van der Waals surface area contributed by atoms with E-state index in [0.717, 1.165) is 12.0 Å². The molecule has 1 nitrogen and oxygen atoms in total. The van der Waals surface area contributed by atoms with Gasteiger partial charge in [0.1, 0.15) is 0 Å². The highest BCUT2D eigenvalue weighted by Gasteiger charge is 1.98. The fourth-order valence-electron chi connectivity index (χ4n) is 1.98. The molecular formula is C15H18O. The minimum Gasteiger partial charge on any atom is -0.392 e. The predicted octanol–water partition coefficient (Wildman–Crippen LogP) is 3.67. The molecule has 0 bridgehead atoms. The number of hydrogen-bond donors (Lipinski definition) is 1. The summed E-state index contributed by atoms with van der Waals surface area (Å²) in [6.45, 7) is 2.34. The number of benzene rings is 2. The molecule has 84 valence electrons. The molecule has 0 fully saturated rings. The average Bonchev–Trinajstić information content (AvgIpc) is 2.35. The van der Waals surface area contributed by atoms with Gasteiger partial charge in [-0.2, -0.15) is 0 Å². The van der Waals surface area contributed by atoms with Crippen LogP contribution in [0.1, 0.15) is 30.9 Å². The maximum absolute atomic E-state index is 9.07. The van der Waals surface area contributed by atoms with Crippen LogP contribution in [0, 0.1) is 0 Å². The molecule has 0 aliphatic rings. The first-order valence-corrected chi connectivity index (χ1v) is 5.96. The summed E-state index contributed by atoms with van der Waals surface area (Å²) in [6.07, 6.45) is 3.65. The molecule has 0 aromatic heterocycles. The van der Waals surface area contributed by atoms with Crippen LogP contribution in [0.25, 0.3) is 10.8 Å². The SMILES string of the molecule is CCCCc1ccc2cc(CO)ccc2c1. The zero-order valence-corrected chi connectivity index (χ0v) is 9.74. The van der Waals surface area contributed by atoms with Gasteiger partial charge in [-0.25, -0.2) is 0 Å². The van der Waals surface area contributed by atoms with E-state index in [1.807, 2.05) is 6.07 Å². The predicted molar refractivity (Wildman–Crippen MR) is 68.5 cm³/mol. The second-order valence-electron chi connectivity index (χ2n) is 4.28. The monoisotopic (exact) mass is 214 g/mol. The Balaban J connectivity index is 2.32. The standard InChI is InChI=1S/C15H18O/c1-2-3-4-12-5-7-15-10-13(11-16)6-8-14(15)9-12/h5-10,16H,2-4,11H2,1H3. The lowest BCUT2D eigenvalue weighted by Gasteiger charge is -2.04. The van der Waals surface area contributed by atoms with Gasteiger partial charge in [0.15, 0.2) is 0 Å². The Morgan fingerprint density at radius 3 is 2.19 bits per heavy atom. The van der Waals surface area contributed by atoms with Crippen molar-refractivity contribution in [3.63, 3.8) is 0 Å². The second-order valence-corrected chi connectivity index (χ2v) is 4.28. The summed E-state index contributed by atoms with van der Waals surface area (Å²) >= 11 is 0. The molecule has 2 rings (SSSR count). The quantitative estimate of drug-likeness (QED) is 0.823. The van der Waals surface area contributed by atoms with Gasteiger partial charge in [0.25, 0.3) is 0 Å². The maximum Gasteiger partial charge on any atom is 0.0682 e. The largest absolute Gasteiger partial charge is 0.392 e. The normalized spacial score (nSPS) is 10.9. The molecule has 0 amide bonds. The van der Waals surface area contributed by atoms with E-state index in [1.165, 1.54) is 29.2 Å². The molecule has 0 saturated carbocycles. The summed E-state index contributed by atoms with van der Waals surface area (Å²) in [5, 5.41) is 11.6. The molecule has 16 heavy (non-hydrogen) atoms. The first kappa shape index (κ1) is 11.2. The molecule has 1 heteroatoms. The number of aliphatic hydroxyl groups is 1. The van der Waals surface area contributed by atoms with Gasteiger partial charge < -0.3 is 5.11 Å². The van der Waals surface area contributed by atoms with Crippen LogP contribution in [0.4, 0.5) is 0 Å². The number of fused-ring (bicyclic) bond motifs is 1. The van der Waals surface area contributed by atoms with Crippen LogP contribution >= 0.6 is 0 Å². The van der Waals surface area contributed by atoms with Crippen LogP contribution in [0.15, 0.2) is 36.4 Å². The van der Waals surface area contributed by atoms with Gasteiger partial charge in [-0.1, -0.05) is 43.7 Å². The van der Waals surface area contributed by atoms with E-state index in [-0.39, 0.29) is 6.61 Å². The van der Waals surface area contributed by atoms with Crippen molar-refractivity contribution in [3.8, 4) is 0 Å².